The maximum absolute atomic E-state index is 12.9. The van der Waals surface area contributed by atoms with Gasteiger partial charge in [0.2, 0.25) is 5.91 Å². The molecule has 0 saturated carbocycles. The van der Waals surface area contributed by atoms with E-state index in [1.165, 1.54) is 11.6 Å². The number of carbonyl (C=O) groups is 1. The van der Waals surface area contributed by atoms with Crippen LogP contribution in [0.15, 0.2) is 57.7 Å². The topological polar surface area (TPSA) is 94.4 Å². The summed E-state index contributed by atoms with van der Waals surface area (Å²) >= 11 is 0. The molecule has 150 valence electrons. The number of aryl methyl sites for hydroxylation is 1. The van der Waals surface area contributed by atoms with E-state index in [1.807, 2.05) is 36.1 Å². The predicted molar refractivity (Wildman–Crippen MR) is 110 cm³/mol. The minimum Gasteiger partial charge on any atom is -0.460 e. The number of nitrogens with zero attached hydrogens (tertiary/aromatic N) is 3. The van der Waals surface area contributed by atoms with E-state index in [1.54, 1.807) is 6.07 Å². The number of rotatable bonds is 4. The first-order valence-corrected chi connectivity index (χ1v) is 9.78. The summed E-state index contributed by atoms with van der Waals surface area (Å²) in [4.78, 5) is 27.2. The van der Waals surface area contributed by atoms with E-state index in [2.05, 4.69) is 17.2 Å². The molecule has 3 heterocycles. The first kappa shape index (κ1) is 19.0. The van der Waals surface area contributed by atoms with E-state index in [9.17, 15) is 9.59 Å². The summed E-state index contributed by atoms with van der Waals surface area (Å²) < 4.78 is 6.71. The second-order valence-electron chi connectivity index (χ2n) is 7.45. The van der Waals surface area contributed by atoms with E-state index < -0.39 is 5.56 Å². The Balaban J connectivity index is 1.53. The first-order chi connectivity index (χ1) is 14.0. The Hall–Kier alpha value is -3.35. The maximum atomic E-state index is 12.9. The normalized spacial score (nSPS) is 16.7. The number of hydrogen-bond donors (Lipinski definition) is 1. The molecule has 1 aromatic carbocycles. The number of nitrogen functional groups attached to an aromatic ring is 1. The number of piperidine rings is 1. The van der Waals surface area contributed by atoms with Crippen molar-refractivity contribution in [3.63, 3.8) is 0 Å². The molecular weight excluding hydrogens is 368 g/mol. The second kappa shape index (κ2) is 7.95. The number of amides is 1. The van der Waals surface area contributed by atoms with Crippen LogP contribution in [-0.2, 0) is 11.3 Å². The number of aromatic nitrogens is 2. The van der Waals surface area contributed by atoms with Gasteiger partial charge in [-0.1, -0.05) is 30.3 Å². The minimum absolute atomic E-state index is 0.0395. The molecule has 1 atom stereocenters. The summed E-state index contributed by atoms with van der Waals surface area (Å²) in [5.41, 5.74) is 7.12. The van der Waals surface area contributed by atoms with Crippen LogP contribution >= 0.6 is 0 Å². The highest BCUT2D eigenvalue weighted by Gasteiger charge is 2.25. The highest BCUT2D eigenvalue weighted by Crippen LogP contribution is 2.27. The first-order valence-electron chi connectivity index (χ1n) is 9.78. The molecule has 1 amide bonds. The van der Waals surface area contributed by atoms with Gasteiger partial charge in [0, 0.05) is 19.0 Å². The van der Waals surface area contributed by atoms with Crippen molar-refractivity contribution in [2.45, 2.75) is 32.2 Å². The van der Waals surface area contributed by atoms with E-state index >= 15 is 0 Å². The van der Waals surface area contributed by atoms with E-state index in [4.69, 9.17) is 10.2 Å². The Labute approximate surface area is 168 Å². The van der Waals surface area contributed by atoms with E-state index in [0.29, 0.717) is 30.5 Å². The summed E-state index contributed by atoms with van der Waals surface area (Å²) in [5.74, 6) is 1.42. The quantitative estimate of drug-likeness (QED) is 0.737. The van der Waals surface area contributed by atoms with Crippen LogP contribution in [0.5, 0.6) is 0 Å². The fraction of sp³-hybridized carbons (Fsp3) is 0.318. The molecule has 4 rings (SSSR count). The Kier molecular flexibility index (Phi) is 5.20. The average Bonchev–Trinajstić information content (AvgIpc) is 3.18. The van der Waals surface area contributed by atoms with Crippen molar-refractivity contribution in [3.8, 4) is 11.5 Å². The molecule has 1 fully saturated rings. The van der Waals surface area contributed by atoms with Gasteiger partial charge in [-0.3, -0.25) is 9.59 Å². The molecule has 0 bridgehead atoms. The van der Waals surface area contributed by atoms with Crippen LogP contribution in [0.3, 0.4) is 0 Å². The van der Waals surface area contributed by atoms with Crippen molar-refractivity contribution in [1.82, 2.24) is 14.7 Å². The summed E-state index contributed by atoms with van der Waals surface area (Å²) in [6.45, 7) is 3.01. The lowest BCUT2D eigenvalue weighted by Gasteiger charge is -2.33. The predicted octanol–water partition coefficient (Wildman–Crippen LogP) is 2.80. The Morgan fingerprint density at radius 3 is 2.76 bits per heavy atom. The zero-order valence-corrected chi connectivity index (χ0v) is 16.4. The van der Waals surface area contributed by atoms with Crippen molar-refractivity contribution in [2.75, 3.05) is 18.8 Å². The fourth-order valence-electron chi connectivity index (χ4n) is 3.79. The van der Waals surface area contributed by atoms with Gasteiger partial charge in [0.15, 0.2) is 5.76 Å². The summed E-state index contributed by atoms with van der Waals surface area (Å²) in [5, 5.41) is 4.31. The van der Waals surface area contributed by atoms with E-state index in [0.717, 1.165) is 23.3 Å². The van der Waals surface area contributed by atoms with Gasteiger partial charge in [0.1, 0.15) is 23.7 Å². The van der Waals surface area contributed by atoms with Gasteiger partial charge in [0.05, 0.1) is 0 Å². The van der Waals surface area contributed by atoms with Crippen molar-refractivity contribution in [3.05, 3.63) is 70.2 Å². The summed E-state index contributed by atoms with van der Waals surface area (Å²) in [7, 11) is 0. The van der Waals surface area contributed by atoms with E-state index in [-0.39, 0.29) is 18.1 Å². The van der Waals surface area contributed by atoms with Gasteiger partial charge in [0.25, 0.3) is 5.56 Å². The third kappa shape index (κ3) is 4.08. The Morgan fingerprint density at radius 2 is 2.03 bits per heavy atom. The van der Waals surface area contributed by atoms with Crippen molar-refractivity contribution in [2.24, 2.45) is 0 Å². The molecule has 3 aromatic rings. The Morgan fingerprint density at radius 1 is 1.24 bits per heavy atom. The number of nitrogens with two attached hydrogens (primary N) is 1. The van der Waals surface area contributed by atoms with Gasteiger partial charge in [-0.05, 0) is 43.5 Å². The monoisotopic (exact) mass is 392 g/mol. The molecule has 0 unspecified atom stereocenters. The Bertz CT molecular complexity index is 1070. The third-order valence-electron chi connectivity index (χ3n) is 5.32. The highest BCUT2D eigenvalue weighted by molar-refractivity contribution is 5.76. The molecule has 1 saturated heterocycles. The van der Waals surface area contributed by atoms with Crippen LogP contribution in [0.25, 0.3) is 11.5 Å². The average molecular weight is 392 g/mol. The molecule has 7 nitrogen and oxygen atoms in total. The zero-order valence-electron chi connectivity index (χ0n) is 16.4. The molecule has 7 heteroatoms. The molecule has 29 heavy (non-hydrogen) atoms. The number of carbonyl (C=O) groups excluding carboxylic acids is 1. The van der Waals surface area contributed by atoms with Gasteiger partial charge < -0.3 is 15.1 Å². The van der Waals surface area contributed by atoms with Crippen LogP contribution < -0.4 is 11.3 Å². The maximum Gasteiger partial charge on any atom is 0.290 e. The summed E-state index contributed by atoms with van der Waals surface area (Å²) in [6.07, 6.45) is 1.98. The SMILES string of the molecule is Cc1ccc(-c2cc(N)c(=O)n(CC(=O)N3CCC[C@H](c4ccccc4)C3)n2)o1. The standard InChI is InChI=1S/C22H24N4O3/c1-15-9-10-20(29-15)19-12-18(23)22(28)26(24-19)14-21(27)25-11-5-8-17(13-25)16-6-3-2-4-7-16/h2-4,6-7,9-10,12,17H,5,8,11,13-14,23H2,1H3/t17-/m0/s1. The van der Waals surface area contributed by atoms with Crippen LogP contribution in [0.1, 0.15) is 30.1 Å². The third-order valence-corrected chi connectivity index (χ3v) is 5.32. The molecule has 1 aliphatic heterocycles. The lowest BCUT2D eigenvalue weighted by atomic mass is 9.90. The van der Waals surface area contributed by atoms with Crippen LogP contribution in [0.4, 0.5) is 5.69 Å². The zero-order chi connectivity index (χ0) is 20.4. The molecule has 2 aromatic heterocycles. The van der Waals surface area contributed by atoms with Crippen molar-refractivity contribution < 1.29 is 9.21 Å². The van der Waals surface area contributed by atoms with Gasteiger partial charge >= 0.3 is 0 Å². The van der Waals surface area contributed by atoms with Gasteiger partial charge in [-0.2, -0.15) is 5.10 Å². The molecule has 1 aliphatic rings. The number of benzene rings is 1. The van der Waals surface area contributed by atoms with Gasteiger partial charge in [-0.15, -0.1) is 0 Å². The van der Waals surface area contributed by atoms with Gasteiger partial charge in [-0.25, -0.2) is 4.68 Å². The molecule has 0 spiro atoms. The van der Waals surface area contributed by atoms with Crippen LogP contribution in [0, 0.1) is 6.92 Å². The van der Waals surface area contributed by atoms with Crippen LogP contribution in [-0.4, -0.2) is 33.7 Å². The molecule has 2 N–H and O–H groups in total. The number of furan rings is 1. The molecule has 0 radical (unpaired) electrons. The number of likely N-dealkylation sites (tertiary alicyclic amines) is 1. The summed E-state index contributed by atoms with van der Waals surface area (Å²) in [6, 6.07) is 15.3. The van der Waals surface area contributed by atoms with Crippen molar-refractivity contribution in [1.29, 1.82) is 0 Å². The number of hydrogen-bond acceptors (Lipinski definition) is 5. The lowest BCUT2D eigenvalue weighted by Crippen LogP contribution is -2.42. The second-order valence-corrected chi connectivity index (χ2v) is 7.45. The van der Waals surface area contributed by atoms with Crippen LogP contribution in [0.2, 0.25) is 0 Å². The molecular formula is C22H24N4O3. The minimum atomic E-state index is -0.470. The largest absolute Gasteiger partial charge is 0.460 e. The lowest BCUT2D eigenvalue weighted by molar-refractivity contribution is -0.133. The smallest absolute Gasteiger partial charge is 0.290 e. The highest BCUT2D eigenvalue weighted by atomic mass is 16.3. The fourth-order valence-corrected chi connectivity index (χ4v) is 3.79. The number of anilines is 1. The van der Waals surface area contributed by atoms with Crippen molar-refractivity contribution >= 4 is 11.6 Å². The molecule has 0 aliphatic carbocycles.